The highest BCUT2D eigenvalue weighted by Gasteiger charge is 2.21. The molecule has 3 heterocycles. The fourth-order valence-electron chi connectivity index (χ4n) is 4.23. The number of halogens is 1. The number of carbonyl (C=O) groups is 2. The van der Waals surface area contributed by atoms with Crippen LogP contribution < -0.4 is 5.32 Å². The van der Waals surface area contributed by atoms with Crippen LogP contribution in [0.4, 0.5) is 5.69 Å². The van der Waals surface area contributed by atoms with Crippen LogP contribution in [0.2, 0.25) is 5.02 Å². The Morgan fingerprint density at radius 2 is 1.97 bits per heavy atom. The predicted molar refractivity (Wildman–Crippen MR) is 149 cm³/mol. The third-order valence-corrected chi connectivity index (χ3v) is 6.56. The molecule has 0 saturated carbocycles. The van der Waals surface area contributed by atoms with Gasteiger partial charge in [0.25, 0.3) is 5.91 Å². The van der Waals surface area contributed by atoms with E-state index in [4.69, 9.17) is 16.3 Å². The smallest absolute Gasteiger partial charge is 0.253 e. The Bertz CT molecular complexity index is 1440. The highest BCUT2D eigenvalue weighted by molar-refractivity contribution is 6.36. The first kappa shape index (κ1) is 26.1. The molecule has 7 nitrogen and oxygen atoms in total. The number of fused-ring (bicyclic) bond motifs is 1. The first-order valence-corrected chi connectivity index (χ1v) is 12.3. The van der Waals surface area contributed by atoms with Crippen LogP contribution >= 0.6 is 11.6 Å². The van der Waals surface area contributed by atoms with Crippen molar-refractivity contribution in [3.05, 3.63) is 89.8 Å². The van der Waals surface area contributed by atoms with Gasteiger partial charge in [0, 0.05) is 41.5 Å². The van der Waals surface area contributed by atoms with Crippen molar-refractivity contribution in [2.75, 3.05) is 31.6 Å². The monoisotopic (exact) mass is 516 g/mol. The number of aryl methyl sites for hydroxylation is 1. The molecular weight excluding hydrogens is 488 g/mol. The third kappa shape index (κ3) is 5.58. The van der Waals surface area contributed by atoms with Crippen LogP contribution in [0.3, 0.4) is 0 Å². The van der Waals surface area contributed by atoms with Gasteiger partial charge in [-0.05, 0) is 54.8 Å². The zero-order valence-electron chi connectivity index (χ0n) is 20.9. The number of benzene rings is 1. The molecule has 0 spiro atoms. The Labute approximate surface area is 221 Å². The summed E-state index contributed by atoms with van der Waals surface area (Å²) in [6.45, 7) is 13.5. The van der Waals surface area contributed by atoms with E-state index in [1.54, 1.807) is 23.2 Å². The number of amides is 2. The Morgan fingerprint density at radius 3 is 2.68 bits per heavy atom. The topological polar surface area (TPSA) is 87.3 Å². The Morgan fingerprint density at radius 1 is 1.22 bits per heavy atom. The maximum absolute atomic E-state index is 12.8. The van der Waals surface area contributed by atoms with Gasteiger partial charge < -0.3 is 19.9 Å². The van der Waals surface area contributed by atoms with Crippen LogP contribution in [-0.2, 0) is 14.3 Å². The van der Waals surface area contributed by atoms with Gasteiger partial charge in [-0.15, -0.1) is 0 Å². The molecule has 4 rings (SSSR count). The molecule has 8 heteroatoms. The zero-order chi connectivity index (χ0) is 26.5. The van der Waals surface area contributed by atoms with Crippen LogP contribution in [0.15, 0.2) is 73.5 Å². The number of carbonyl (C=O) groups excluding carboxylic acids is 2. The second-order valence-corrected chi connectivity index (χ2v) is 9.03. The van der Waals surface area contributed by atoms with Gasteiger partial charge in [0.15, 0.2) is 0 Å². The summed E-state index contributed by atoms with van der Waals surface area (Å²) in [5.74, 6) is -0.405. The summed E-state index contributed by atoms with van der Waals surface area (Å²) in [6.07, 6.45) is 8.41. The van der Waals surface area contributed by atoms with Crippen LogP contribution in [0.5, 0.6) is 0 Å². The molecule has 0 bridgehead atoms. The van der Waals surface area contributed by atoms with Crippen LogP contribution in [0, 0.1) is 6.92 Å². The van der Waals surface area contributed by atoms with E-state index in [2.05, 4.69) is 28.4 Å². The van der Waals surface area contributed by atoms with Crippen molar-refractivity contribution in [3.8, 4) is 11.1 Å². The standard InChI is InChI=1S/C29H29ClN4O3/c1-5-20(9-8-19(4)29(36)34-13-15-37-16-14-34)27-25(26-22(30)11-12-31-28(26)33-27)21-10-7-18(3)23(17-21)32-24(35)6-2/h5-12,17H,2,4,13-16H2,1,3H3,(H,31,33)(H,32,35)/b9-8-,20-5+. The largest absolute Gasteiger partial charge is 0.378 e. The lowest BCUT2D eigenvalue weighted by Crippen LogP contribution is -2.41. The average Bonchev–Trinajstić information content (AvgIpc) is 3.30. The highest BCUT2D eigenvalue weighted by atomic mass is 35.5. The summed E-state index contributed by atoms with van der Waals surface area (Å²) in [4.78, 5) is 34.5. The van der Waals surface area contributed by atoms with Gasteiger partial charge in [0.2, 0.25) is 5.91 Å². The van der Waals surface area contributed by atoms with Gasteiger partial charge in [-0.1, -0.05) is 49.0 Å². The second kappa shape index (κ2) is 11.4. The fourth-order valence-corrected chi connectivity index (χ4v) is 4.47. The SMILES string of the molecule is C=CC(=O)Nc1cc(-c2c(C(/C=C\C(=C)C(=O)N3CCOCC3)=C/C)[nH]c3nccc(Cl)c23)ccc1C. The predicted octanol–water partition coefficient (Wildman–Crippen LogP) is 5.69. The normalized spacial score (nSPS) is 14.2. The molecular formula is C29H29ClN4O3. The number of hydrogen-bond donors (Lipinski definition) is 2. The number of H-pyrrole nitrogens is 1. The number of nitrogens with one attached hydrogen (secondary N) is 2. The summed E-state index contributed by atoms with van der Waals surface area (Å²) in [7, 11) is 0. The highest BCUT2D eigenvalue weighted by Crippen LogP contribution is 2.40. The summed E-state index contributed by atoms with van der Waals surface area (Å²) in [5.41, 5.74) is 5.90. The number of rotatable bonds is 7. The van der Waals surface area contributed by atoms with Gasteiger partial charge in [-0.2, -0.15) is 0 Å². The Hall–Kier alpha value is -3.94. The molecule has 3 aromatic rings. The summed E-state index contributed by atoms with van der Waals surface area (Å²) >= 11 is 6.65. The lowest BCUT2D eigenvalue weighted by Gasteiger charge is -2.26. The lowest BCUT2D eigenvalue weighted by atomic mass is 9.96. The lowest BCUT2D eigenvalue weighted by molar-refractivity contribution is -0.130. The first-order chi connectivity index (χ1) is 17.8. The average molecular weight is 517 g/mol. The molecule has 2 N–H and O–H groups in total. The summed E-state index contributed by atoms with van der Waals surface area (Å²) in [6, 6.07) is 7.57. The molecule has 2 amide bonds. The number of pyridine rings is 1. The van der Waals surface area contributed by atoms with E-state index >= 15 is 0 Å². The van der Waals surface area contributed by atoms with Crippen molar-refractivity contribution in [2.45, 2.75) is 13.8 Å². The molecule has 0 aliphatic carbocycles. The number of nitrogens with zero attached hydrogens (tertiary/aromatic N) is 2. The minimum Gasteiger partial charge on any atom is -0.378 e. The van der Waals surface area contributed by atoms with Crippen molar-refractivity contribution in [2.24, 2.45) is 0 Å². The third-order valence-electron chi connectivity index (χ3n) is 6.25. The molecule has 1 aliphatic heterocycles. The van der Waals surface area contributed by atoms with Crippen LogP contribution in [0.1, 0.15) is 18.2 Å². The van der Waals surface area contributed by atoms with Crippen molar-refractivity contribution < 1.29 is 14.3 Å². The molecule has 0 radical (unpaired) electrons. The quantitative estimate of drug-likeness (QED) is 0.312. The fraction of sp³-hybridized carbons (Fsp3) is 0.207. The van der Waals surface area contributed by atoms with E-state index in [0.29, 0.717) is 48.2 Å². The number of allylic oxidation sites excluding steroid dienone is 3. The first-order valence-electron chi connectivity index (χ1n) is 11.9. The molecule has 1 aliphatic rings. The molecule has 1 fully saturated rings. The van der Waals surface area contributed by atoms with Gasteiger partial charge in [0.1, 0.15) is 5.65 Å². The Balaban J connectivity index is 1.77. The van der Waals surface area contributed by atoms with Crippen LogP contribution in [-0.4, -0.2) is 53.0 Å². The van der Waals surface area contributed by atoms with Crippen molar-refractivity contribution in [3.63, 3.8) is 0 Å². The number of anilines is 1. The molecule has 0 unspecified atom stereocenters. The molecule has 1 saturated heterocycles. The zero-order valence-corrected chi connectivity index (χ0v) is 21.7. The minimum atomic E-state index is -0.292. The molecule has 1 aromatic carbocycles. The summed E-state index contributed by atoms with van der Waals surface area (Å²) < 4.78 is 5.34. The van der Waals surface area contributed by atoms with E-state index in [1.165, 1.54) is 6.08 Å². The van der Waals surface area contributed by atoms with Crippen molar-refractivity contribution in [1.29, 1.82) is 0 Å². The van der Waals surface area contributed by atoms with E-state index in [-0.39, 0.29) is 11.8 Å². The molecule has 190 valence electrons. The summed E-state index contributed by atoms with van der Waals surface area (Å²) in [5, 5.41) is 4.18. The Kier molecular flexibility index (Phi) is 8.06. The number of aromatic nitrogens is 2. The van der Waals surface area contributed by atoms with E-state index in [1.807, 2.05) is 44.2 Å². The van der Waals surface area contributed by atoms with Crippen LogP contribution in [0.25, 0.3) is 27.7 Å². The van der Waals surface area contributed by atoms with Gasteiger partial charge in [-0.3, -0.25) is 9.59 Å². The van der Waals surface area contributed by atoms with Gasteiger partial charge >= 0.3 is 0 Å². The van der Waals surface area contributed by atoms with Crippen molar-refractivity contribution in [1.82, 2.24) is 14.9 Å². The number of aromatic amines is 1. The van der Waals surface area contributed by atoms with Gasteiger partial charge in [0.05, 0.1) is 23.9 Å². The number of ether oxygens (including phenoxy) is 1. The molecule has 2 aromatic heterocycles. The number of hydrogen-bond acceptors (Lipinski definition) is 4. The van der Waals surface area contributed by atoms with E-state index in [0.717, 1.165) is 33.3 Å². The van der Waals surface area contributed by atoms with Crippen molar-refractivity contribution >= 4 is 45.7 Å². The maximum Gasteiger partial charge on any atom is 0.253 e. The molecule has 0 atom stereocenters. The minimum absolute atomic E-state index is 0.113. The van der Waals surface area contributed by atoms with E-state index in [9.17, 15) is 9.59 Å². The maximum atomic E-state index is 12.8. The van der Waals surface area contributed by atoms with E-state index < -0.39 is 0 Å². The number of morpholine rings is 1. The second-order valence-electron chi connectivity index (χ2n) is 8.62. The van der Waals surface area contributed by atoms with Gasteiger partial charge in [-0.25, -0.2) is 4.98 Å². The molecule has 37 heavy (non-hydrogen) atoms.